The lowest BCUT2D eigenvalue weighted by Gasteiger charge is -2.33. The van der Waals surface area contributed by atoms with Gasteiger partial charge in [-0.3, -0.25) is 9.48 Å². The maximum Gasteiger partial charge on any atom is 0.254 e. The van der Waals surface area contributed by atoms with Crippen molar-refractivity contribution in [1.29, 1.82) is 0 Å². The molecule has 4 heterocycles. The van der Waals surface area contributed by atoms with Gasteiger partial charge in [-0.2, -0.15) is 5.10 Å². The van der Waals surface area contributed by atoms with E-state index in [0.717, 1.165) is 58.9 Å². The van der Waals surface area contributed by atoms with Gasteiger partial charge < -0.3 is 10.2 Å². The van der Waals surface area contributed by atoms with Crippen molar-refractivity contribution in [3.05, 3.63) is 34.8 Å². The Labute approximate surface area is 163 Å². The van der Waals surface area contributed by atoms with E-state index in [9.17, 15) is 4.79 Å². The average molecular weight is 384 g/mol. The standard InChI is InChI=1S/C20H25N5OS/c1-13-18-15(20(26)25-8-4-6-14(12-25)11-21-2)10-16(17-7-5-9-27-17)22-19(18)24(3)23-13/h5,7,9-10,14,21H,4,6,8,11-12H2,1-3H3. The quantitative estimate of drug-likeness (QED) is 0.752. The molecule has 1 saturated heterocycles. The highest BCUT2D eigenvalue weighted by Crippen LogP contribution is 2.30. The highest BCUT2D eigenvalue weighted by Gasteiger charge is 2.27. The number of pyridine rings is 1. The lowest BCUT2D eigenvalue weighted by atomic mass is 9.97. The molecule has 6 nitrogen and oxygen atoms in total. The predicted molar refractivity (Wildman–Crippen MR) is 109 cm³/mol. The predicted octanol–water partition coefficient (Wildman–Crippen LogP) is 3.08. The summed E-state index contributed by atoms with van der Waals surface area (Å²) in [6.07, 6.45) is 2.22. The summed E-state index contributed by atoms with van der Waals surface area (Å²) in [6.45, 7) is 4.52. The third kappa shape index (κ3) is 3.37. The van der Waals surface area contributed by atoms with Crippen molar-refractivity contribution in [2.45, 2.75) is 19.8 Å². The van der Waals surface area contributed by atoms with E-state index in [1.54, 1.807) is 16.0 Å². The molecule has 1 aliphatic heterocycles. The van der Waals surface area contributed by atoms with Crippen molar-refractivity contribution in [2.24, 2.45) is 13.0 Å². The number of thiophene rings is 1. The summed E-state index contributed by atoms with van der Waals surface area (Å²) < 4.78 is 1.78. The highest BCUT2D eigenvalue weighted by molar-refractivity contribution is 7.13. The Morgan fingerprint density at radius 1 is 1.44 bits per heavy atom. The summed E-state index contributed by atoms with van der Waals surface area (Å²) in [5.41, 5.74) is 3.18. The maximum atomic E-state index is 13.5. The molecular formula is C20H25N5OS. The van der Waals surface area contributed by atoms with Crippen molar-refractivity contribution >= 4 is 28.3 Å². The minimum atomic E-state index is 0.0945. The highest BCUT2D eigenvalue weighted by atomic mass is 32.1. The monoisotopic (exact) mass is 383 g/mol. The van der Waals surface area contributed by atoms with Crippen LogP contribution in [0, 0.1) is 12.8 Å². The Balaban J connectivity index is 1.78. The summed E-state index contributed by atoms with van der Waals surface area (Å²) in [7, 11) is 3.86. The Bertz CT molecular complexity index is 961. The van der Waals surface area contributed by atoms with E-state index in [4.69, 9.17) is 4.98 Å². The first-order valence-corrected chi connectivity index (χ1v) is 10.3. The zero-order valence-corrected chi connectivity index (χ0v) is 16.8. The number of rotatable bonds is 4. The van der Waals surface area contributed by atoms with Crippen LogP contribution in [0.3, 0.4) is 0 Å². The smallest absolute Gasteiger partial charge is 0.254 e. The molecule has 0 spiro atoms. The molecule has 0 saturated carbocycles. The number of hydrogen-bond acceptors (Lipinski definition) is 5. The molecule has 0 bridgehead atoms. The van der Waals surface area contributed by atoms with Crippen LogP contribution in [-0.2, 0) is 7.05 Å². The average Bonchev–Trinajstić information content (AvgIpc) is 3.30. The van der Waals surface area contributed by atoms with Crippen LogP contribution in [0.2, 0.25) is 0 Å². The molecule has 1 atom stereocenters. The van der Waals surface area contributed by atoms with Crippen LogP contribution in [0.4, 0.5) is 0 Å². The van der Waals surface area contributed by atoms with Gasteiger partial charge in [0.1, 0.15) is 0 Å². The number of hydrogen-bond donors (Lipinski definition) is 1. The zero-order valence-electron chi connectivity index (χ0n) is 16.0. The largest absolute Gasteiger partial charge is 0.338 e. The molecule has 0 aliphatic carbocycles. The van der Waals surface area contributed by atoms with E-state index in [0.29, 0.717) is 5.92 Å². The SMILES string of the molecule is CNCC1CCCN(C(=O)c2cc(-c3cccs3)nc3c2c(C)nn3C)C1. The van der Waals surface area contributed by atoms with Crippen LogP contribution in [0.25, 0.3) is 21.6 Å². The third-order valence-electron chi connectivity index (χ3n) is 5.27. The van der Waals surface area contributed by atoms with Crippen LogP contribution in [0.1, 0.15) is 28.9 Å². The van der Waals surface area contributed by atoms with E-state index in [1.165, 1.54) is 6.42 Å². The molecule has 142 valence electrons. The molecule has 3 aromatic heterocycles. The Morgan fingerprint density at radius 2 is 2.30 bits per heavy atom. The van der Waals surface area contributed by atoms with Gasteiger partial charge in [-0.1, -0.05) is 6.07 Å². The van der Waals surface area contributed by atoms with E-state index in [1.807, 2.05) is 49.5 Å². The van der Waals surface area contributed by atoms with E-state index in [-0.39, 0.29) is 5.91 Å². The molecule has 1 fully saturated rings. The minimum absolute atomic E-state index is 0.0945. The van der Waals surface area contributed by atoms with Crippen molar-refractivity contribution in [1.82, 2.24) is 25.0 Å². The van der Waals surface area contributed by atoms with Crippen LogP contribution < -0.4 is 5.32 Å². The fourth-order valence-electron chi connectivity index (χ4n) is 4.04. The van der Waals surface area contributed by atoms with Gasteiger partial charge in [0.25, 0.3) is 5.91 Å². The van der Waals surface area contributed by atoms with Gasteiger partial charge in [0.05, 0.1) is 27.2 Å². The van der Waals surface area contributed by atoms with Crippen LogP contribution >= 0.6 is 11.3 Å². The van der Waals surface area contributed by atoms with Gasteiger partial charge in [-0.05, 0) is 56.8 Å². The number of piperidine rings is 1. The van der Waals surface area contributed by atoms with Gasteiger partial charge >= 0.3 is 0 Å². The first-order valence-electron chi connectivity index (χ1n) is 9.40. The number of nitrogens with one attached hydrogen (secondary N) is 1. The molecular weight excluding hydrogens is 358 g/mol. The van der Waals surface area contributed by atoms with Gasteiger partial charge in [-0.25, -0.2) is 4.98 Å². The number of likely N-dealkylation sites (tertiary alicyclic amines) is 1. The van der Waals surface area contributed by atoms with Gasteiger partial charge in [0.15, 0.2) is 5.65 Å². The first kappa shape index (κ1) is 18.1. The van der Waals surface area contributed by atoms with E-state index in [2.05, 4.69) is 10.4 Å². The molecule has 1 unspecified atom stereocenters. The van der Waals surface area contributed by atoms with Crippen LogP contribution in [0.5, 0.6) is 0 Å². The van der Waals surface area contributed by atoms with Crippen molar-refractivity contribution in [3.63, 3.8) is 0 Å². The molecule has 4 rings (SSSR count). The summed E-state index contributed by atoms with van der Waals surface area (Å²) in [5.74, 6) is 0.605. The van der Waals surface area contributed by atoms with Crippen LogP contribution in [0.15, 0.2) is 23.6 Å². The summed E-state index contributed by atoms with van der Waals surface area (Å²) >= 11 is 1.63. The number of carbonyl (C=O) groups excluding carboxylic acids is 1. The molecule has 1 N–H and O–H groups in total. The lowest BCUT2D eigenvalue weighted by molar-refractivity contribution is 0.0676. The van der Waals surface area contributed by atoms with Gasteiger partial charge in [0.2, 0.25) is 0 Å². The number of carbonyl (C=O) groups is 1. The first-order chi connectivity index (χ1) is 13.1. The van der Waals surface area contributed by atoms with Gasteiger partial charge in [0, 0.05) is 20.1 Å². The lowest BCUT2D eigenvalue weighted by Crippen LogP contribution is -2.42. The van der Waals surface area contributed by atoms with E-state index >= 15 is 0 Å². The molecule has 1 aliphatic rings. The molecule has 0 radical (unpaired) electrons. The second-order valence-corrected chi connectivity index (χ2v) is 8.20. The topological polar surface area (TPSA) is 63.1 Å². The zero-order chi connectivity index (χ0) is 19.0. The number of nitrogens with zero attached hydrogens (tertiary/aromatic N) is 4. The number of aryl methyl sites for hydroxylation is 2. The van der Waals surface area contributed by atoms with Crippen LogP contribution in [-0.4, -0.2) is 52.3 Å². The normalized spacial score (nSPS) is 17.6. The fourth-order valence-corrected chi connectivity index (χ4v) is 4.73. The Morgan fingerprint density at radius 3 is 3.04 bits per heavy atom. The molecule has 0 aromatic carbocycles. The number of fused-ring (bicyclic) bond motifs is 1. The van der Waals surface area contributed by atoms with Crippen molar-refractivity contribution < 1.29 is 4.79 Å². The Kier molecular flexibility index (Phi) is 4.97. The van der Waals surface area contributed by atoms with Crippen molar-refractivity contribution in [3.8, 4) is 10.6 Å². The van der Waals surface area contributed by atoms with Gasteiger partial charge in [-0.15, -0.1) is 11.3 Å². The summed E-state index contributed by atoms with van der Waals surface area (Å²) in [5, 5.41) is 10.7. The number of aromatic nitrogens is 3. The maximum absolute atomic E-state index is 13.5. The second-order valence-electron chi connectivity index (χ2n) is 7.26. The fraction of sp³-hybridized carbons (Fsp3) is 0.450. The van der Waals surface area contributed by atoms with E-state index < -0.39 is 0 Å². The summed E-state index contributed by atoms with van der Waals surface area (Å²) in [6, 6.07) is 6.00. The second kappa shape index (κ2) is 7.40. The Hall–Kier alpha value is -2.25. The summed E-state index contributed by atoms with van der Waals surface area (Å²) in [4.78, 5) is 21.4. The molecule has 7 heteroatoms. The van der Waals surface area contributed by atoms with Crippen molar-refractivity contribution in [2.75, 3.05) is 26.7 Å². The molecule has 27 heavy (non-hydrogen) atoms. The molecule has 3 aromatic rings. The number of amides is 1. The molecule has 1 amide bonds. The third-order valence-corrected chi connectivity index (χ3v) is 6.16. The minimum Gasteiger partial charge on any atom is -0.338 e.